The van der Waals surface area contributed by atoms with E-state index in [1.807, 2.05) is 12.4 Å². The minimum atomic E-state index is -0.131. The highest BCUT2D eigenvalue weighted by Crippen LogP contribution is 2.35. The van der Waals surface area contributed by atoms with Crippen molar-refractivity contribution in [3.8, 4) is 0 Å². The van der Waals surface area contributed by atoms with Crippen molar-refractivity contribution in [2.24, 2.45) is 5.92 Å². The Balaban J connectivity index is 1.67. The molecule has 1 aromatic heterocycles. The van der Waals surface area contributed by atoms with Gasteiger partial charge in [0, 0.05) is 31.5 Å². The zero-order valence-electron chi connectivity index (χ0n) is 11.5. The molecule has 2 heterocycles. The van der Waals surface area contributed by atoms with Crippen molar-refractivity contribution >= 4 is 0 Å². The SMILES string of the molecule is OC1CC(C2CCCCC2)N(Cc2ccncc2)C1. The first-order valence-corrected chi connectivity index (χ1v) is 7.64. The van der Waals surface area contributed by atoms with Gasteiger partial charge in [-0.1, -0.05) is 19.3 Å². The molecule has 2 unspecified atom stereocenters. The number of aliphatic hydroxyl groups is 1. The molecule has 0 bridgehead atoms. The van der Waals surface area contributed by atoms with E-state index in [2.05, 4.69) is 22.0 Å². The van der Waals surface area contributed by atoms with E-state index in [1.165, 1.54) is 37.7 Å². The number of likely N-dealkylation sites (tertiary alicyclic amines) is 1. The Morgan fingerprint density at radius 3 is 2.63 bits per heavy atom. The molecule has 0 spiro atoms. The number of hydrogen-bond donors (Lipinski definition) is 1. The maximum Gasteiger partial charge on any atom is 0.0682 e. The van der Waals surface area contributed by atoms with Crippen LogP contribution < -0.4 is 0 Å². The summed E-state index contributed by atoms with van der Waals surface area (Å²) in [5.74, 6) is 0.799. The van der Waals surface area contributed by atoms with Crippen LogP contribution in [-0.2, 0) is 6.54 Å². The Morgan fingerprint density at radius 2 is 1.89 bits per heavy atom. The van der Waals surface area contributed by atoms with Crippen molar-refractivity contribution in [3.63, 3.8) is 0 Å². The van der Waals surface area contributed by atoms with Crippen LogP contribution in [-0.4, -0.2) is 33.7 Å². The van der Waals surface area contributed by atoms with Crippen molar-refractivity contribution in [1.82, 2.24) is 9.88 Å². The van der Waals surface area contributed by atoms with Gasteiger partial charge in [0.25, 0.3) is 0 Å². The van der Waals surface area contributed by atoms with E-state index in [0.717, 1.165) is 25.4 Å². The van der Waals surface area contributed by atoms with Crippen molar-refractivity contribution in [2.75, 3.05) is 6.54 Å². The van der Waals surface area contributed by atoms with Gasteiger partial charge in [0.05, 0.1) is 6.10 Å². The molecule has 19 heavy (non-hydrogen) atoms. The maximum atomic E-state index is 10.0. The van der Waals surface area contributed by atoms with Crippen LogP contribution in [0, 0.1) is 5.92 Å². The molecule has 1 aliphatic heterocycles. The van der Waals surface area contributed by atoms with Crippen molar-refractivity contribution in [3.05, 3.63) is 30.1 Å². The smallest absolute Gasteiger partial charge is 0.0682 e. The van der Waals surface area contributed by atoms with Crippen LogP contribution in [0.25, 0.3) is 0 Å². The van der Waals surface area contributed by atoms with Crippen LogP contribution >= 0.6 is 0 Å². The molecule has 1 N–H and O–H groups in total. The highest BCUT2D eigenvalue weighted by molar-refractivity contribution is 5.10. The molecule has 3 heteroatoms. The molecule has 0 radical (unpaired) electrons. The fourth-order valence-corrected chi connectivity index (χ4v) is 3.82. The number of nitrogens with zero attached hydrogens (tertiary/aromatic N) is 2. The van der Waals surface area contributed by atoms with Crippen molar-refractivity contribution in [2.45, 2.75) is 57.2 Å². The lowest BCUT2D eigenvalue weighted by molar-refractivity contribution is 0.147. The van der Waals surface area contributed by atoms with Gasteiger partial charge in [-0.05, 0) is 42.9 Å². The van der Waals surface area contributed by atoms with E-state index < -0.39 is 0 Å². The van der Waals surface area contributed by atoms with Crippen LogP contribution in [0.2, 0.25) is 0 Å². The van der Waals surface area contributed by atoms with Gasteiger partial charge in [-0.3, -0.25) is 9.88 Å². The quantitative estimate of drug-likeness (QED) is 0.907. The van der Waals surface area contributed by atoms with Gasteiger partial charge in [0.1, 0.15) is 0 Å². The van der Waals surface area contributed by atoms with E-state index in [-0.39, 0.29) is 6.10 Å². The third-order valence-electron chi connectivity index (χ3n) is 4.76. The fraction of sp³-hybridized carbons (Fsp3) is 0.688. The largest absolute Gasteiger partial charge is 0.392 e. The molecule has 1 aliphatic carbocycles. The summed E-state index contributed by atoms with van der Waals surface area (Å²) in [7, 11) is 0. The number of pyridine rings is 1. The average Bonchev–Trinajstić information content (AvgIpc) is 2.82. The van der Waals surface area contributed by atoms with E-state index in [4.69, 9.17) is 0 Å². The zero-order chi connectivity index (χ0) is 13.1. The van der Waals surface area contributed by atoms with E-state index in [1.54, 1.807) is 0 Å². The van der Waals surface area contributed by atoms with Crippen molar-refractivity contribution < 1.29 is 5.11 Å². The average molecular weight is 260 g/mol. The molecule has 0 aromatic carbocycles. The molecule has 1 saturated heterocycles. The first-order chi connectivity index (χ1) is 9.33. The fourth-order valence-electron chi connectivity index (χ4n) is 3.82. The molecule has 104 valence electrons. The minimum absolute atomic E-state index is 0.131. The molecule has 0 amide bonds. The molecule has 2 fully saturated rings. The number of β-amino-alcohol motifs (C(OH)–C–C–N with tert-alkyl or cyclic N) is 1. The lowest BCUT2D eigenvalue weighted by Crippen LogP contribution is -2.36. The number of rotatable bonds is 3. The molecule has 3 nitrogen and oxygen atoms in total. The van der Waals surface area contributed by atoms with Crippen LogP contribution in [0.15, 0.2) is 24.5 Å². The lowest BCUT2D eigenvalue weighted by Gasteiger charge is -2.33. The molecule has 1 saturated carbocycles. The normalized spacial score (nSPS) is 29.7. The van der Waals surface area contributed by atoms with Crippen LogP contribution in [0.1, 0.15) is 44.1 Å². The van der Waals surface area contributed by atoms with Crippen LogP contribution in [0.3, 0.4) is 0 Å². The molecular formula is C16H24N2O. The Morgan fingerprint density at radius 1 is 1.16 bits per heavy atom. The summed E-state index contributed by atoms with van der Waals surface area (Å²) in [4.78, 5) is 6.57. The first-order valence-electron chi connectivity index (χ1n) is 7.64. The second kappa shape index (κ2) is 6.02. The predicted octanol–water partition coefficient (Wildman–Crippen LogP) is 2.60. The Kier molecular flexibility index (Phi) is 4.14. The zero-order valence-corrected chi connectivity index (χ0v) is 11.5. The van der Waals surface area contributed by atoms with E-state index >= 15 is 0 Å². The van der Waals surface area contributed by atoms with Crippen LogP contribution in [0.5, 0.6) is 0 Å². The van der Waals surface area contributed by atoms with E-state index in [9.17, 15) is 5.11 Å². The summed E-state index contributed by atoms with van der Waals surface area (Å²) in [6.07, 6.45) is 11.4. The number of aliphatic hydroxyl groups excluding tert-OH is 1. The molecule has 2 atom stereocenters. The van der Waals surface area contributed by atoms with Gasteiger partial charge in [-0.2, -0.15) is 0 Å². The minimum Gasteiger partial charge on any atom is -0.392 e. The maximum absolute atomic E-state index is 10.0. The summed E-state index contributed by atoms with van der Waals surface area (Å²) in [6.45, 7) is 1.80. The Labute approximate surface area is 115 Å². The molecular weight excluding hydrogens is 236 g/mol. The van der Waals surface area contributed by atoms with Gasteiger partial charge in [-0.25, -0.2) is 0 Å². The first kappa shape index (κ1) is 13.1. The van der Waals surface area contributed by atoms with E-state index in [0.29, 0.717) is 6.04 Å². The molecule has 1 aromatic rings. The third kappa shape index (κ3) is 3.15. The summed E-state index contributed by atoms with van der Waals surface area (Å²) < 4.78 is 0. The predicted molar refractivity (Wildman–Crippen MR) is 75.6 cm³/mol. The standard InChI is InChI=1S/C16H24N2O/c19-15-10-16(14-4-2-1-3-5-14)18(12-15)11-13-6-8-17-9-7-13/h6-9,14-16,19H,1-5,10-12H2. The Hall–Kier alpha value is -0.930. The highest BCUT2D eigenvalue weighted by atomic mass is 16.3. The molecule has 3 rings (SSSR count). The Bertz CT molecular complexity index is 389. The number of aromatic nitrogens is 1. The third-order valence-corrected chi connectivity index (χ3v) is 4.76. The second-order valence-corrected chi connectivity index (χ2v) is 6.14. The molecule has 2 aliphatic rings. The van der Waals surface area contributed by atoms with Crippen LogP contribution in [0.4, 0.5) is 0 Å². The monoisotopic (exact) mass is 260 g/mol. The summed E-state index contributed by atoms with van der Waals surface area (Å²) >= 11 is 0. The van der Waals surface area contributed by atoms with Gasteiger partial charge in [-0.15, -0.1) is 0 Å². The summed E-state index contributed by atoms with van der Waals surface area (Å²) in [5, 5.41) is 10.0. The highest BCUT2D eigenvalue weighted by Gasteiger charge is 2.36. The second-order valence-electron chi connectivity index (χ2n) is 6.14. The van der Waals surface area contributed by atoms with Crippen molar-refractivity contribution in [1.29, 1.82) is 0 Å². The van der Waals surface area contributed by atoms with Gasteiger partial charge >= 0.3 is 0 Å². The topological polar surface area (TPSA) is 36.4 Å². The lowest BCUT2D eigenvalue weighted by atomic mass is 9.82. The summed E-state index contributed by atoms with van der Waals surface area (Å²) in [6, 6.07) is 4.76. The number of hydrogen-bond acceptors (Lipinski definition) is 3. The van der Waals surface area contributed by atoms with Gasteiger partial charge in [0.2, 0.25) is 0 Å². The van der Waals surface area contributed by atoms with Gasteiger partial charge < -0.3 is 5.11 Å². The summed E-state index contributed by atoms with van der Waals surface area (Å²) in [5.41, 5.74) is 1.31. The van der Waals surface area contributed by atoms with Gasteiger partial charge in [0.15, 0.2) is 0 Å².